The summed E-state index contributed by atoms with van der Waals surface area (Å²) in [6.45, 7) is 6.37. The molecule has 4 rings (SSSR count). The lowest BCUT2D eigenvalue weighted by molar-refractivity contribution is -0.932. The van der Waals surface area contributed by atoms with E-state index in [1.807, 2.05) is 55.5 Å². The van der Waals surface area contributed by atoms with E-state index in [1.54, 1.807) is 13.4 Å². The number of hydrogen-bond acceptors (Lipinski definition) is 4. The van der Waals surface area contributed by atoms with Crippen LogP contribution in [-0.2, 0) is 0 Å². The fourth-order valence-corrected chi connectivity index (χ4v) is 4.21. The van der Waals surface area contributed by atoms with Gasteiger partial charge in [-0.3, -0.25) is 4.79 Å². The monoisotopic (exact) mass is 420 g/mol. The first-order valence-corrected chi connectivity index (χ1v) is 10.8. The van der Waals surface area contributed by atoms with Crippen molar-refractivity contribution in [2.75, 3.05) is 44.7 Å². The fourth-order valence-electron chi connectivity index (χ4n) is 4.21. The molecule has 1 aliphatic rings. The van der Waals surface area contributed by atoms with E-state index in [4.69, 9.17) is 9.15 Å². The second-order valence-corrected chi connectivity index (χ2v) is 7.99. The van der Waals surface area contributed by atoms with E-state index < -0.39 is 0 Å². The highest BCUT2D eigenvalue weighted by Crippen LogP contribution is 2.19. The first-order chi connectivity index (χ1) is 15.1. The highest BCUT2D eigenvalue weighted by atomic mass is 16.5. The van der Waals surface area contributed by atoms with Crippen LogP contribution in [0.1, 0.15) is 27.7 Å². The van der Waals surface area contributed by atoms with E-state index in [2.05, 4.69) is 22.3 Å². The number of carbonyl (C=O) groups is 1. The van der Waals surface area contributed by atoms with Gasteiger partial charge in [-0.2, -0.15) is 0 Å². The molecule has 1 aromatic heterocycles. The van der Waals surface area contributed by atoms with Gasteiger partial charge in [-0.1, -0.05) is 17.7 Å². The Morgan fingerprint density at radius 1 is 1.13 bits per heavy atom. The average Bonchev–Trinajstić information content (AvgIpc) is 3.34. The minimum absolute atomic E-state index is 0.0449. The fraction of sp³-hybridized carbons (Fsp3) is 0.320. The molecule has 0 radical (unpaired) electrons. The molecule has 1 fully saturated rings. The molecule has 162 valence electrons. The highest BCUT2D eigenvalue weighted by molar-refractivity contribution is 5.94. The Kier molecular flexibility index (Phi) is 6.57. The zero-order chi connectivity index (χ0) is 21.6. The van der Waals surface area contributed by atoms with E-state index in [0.717, 1.165) is 43.3 Å². The van der Waals surface area contributed by atoms with Crippen molar-refractivity contribution < 1.29 is 18.8 Å². The number of aryl methyl sites for hydroxylation is 1. The Balaban J connectivity index is 1.40. The van der Waals surface area contributed by atoms with Crippen LogP contribution in [0, 0.1) is 6.92 Å². The van der Waals surface area contributed by atoms with Crippen molar-refractivity contribution in [2.24, 2.45) is 0 Å². The van der Waals surface area contributed by atoms with Gasteiger partial charge in [-0.25, -0.2) is 0 Å². The molecule has 0 aliphatic carbocycles. The molecule has 3 aromatic rings. The van der Waals surface area contributed by atoms with Crippen LogP contribution in [-0.4, -0.2) is 45.7 Å². The van der Waals surface area contributed by atoms with Crippen molar-refractivity contribution in [3.63, 3.8) is 0 Å². The number of quaternary nitrogens is 1. The topological polar surface area (TPSA) is 59.1 Å². The molecule has 2 aromatic carbocycles. The summed E-state index contributed by atoms with van der Waals surface area (Å²) in [6.07, 6.45) is 1.71. The Bertz CT molecular complexity index is 978. The van der Waals surface area contributed by atoms with Crippen LogP contribution < -0.4 is 19.9 Å². The molecule has 1 aliphatic heterocycles. The van der Waals surface area contributed by atoms with Crippen molar-refractivity contribution in [3.8, 4) is 5.75 Å². The Hall–Kier alpha value is -3.25. The third-order valence-electron chi connectivity index (χ3n) is 5.97. The molecule has 2 heterocycles. The summed E-state index contributed by atoms with van der Waals surface area (Å²) < 4.78 is 11.0. The number of nitrogens with zero attached hydrogens (tertiary/aromatic N) is 1. The van der Waals surface area contributed by atoms with Gasteiger partial charge in [0, 0.05) is 11.3 Å². The molecule has 6 heteroatoms. The quantitative estimate of drug-likeness (QED) is 0.617. The number of carbonyl (C=O) groups excluding carboxylic acids is 1. The number of furan rings is 1. The van der Waals surface area contributed by atoms with Gasteiger partial charge in [0.25, 0.3) is 5.91 Å². The van der Waals surface area contributed by atoms with Crippen LogP contribution in [0.15, 0.2) is 71.3 Å². The minimum Gasteiger partial charge on any atom is -0.497 e. The number of amides is 1. The third kappa shape index (κ3) is 5.09. The first kappa shape index (κ1) is 21.0. The summed E-state index contributed by atoms with van der Waals surface area (Å²) in [5, 5.41) is 3.12. The summed E-state index contributed by atoms with van der Waals surface area (Å²) in [7, 11) is 1.68. The average molecular weight is 421 g/mol. The summed E-state index contributed by atoms with van der Waals surface area (Å²) in [5.74, 6) is 1.74. The standard InChI is InChI=1S/C25H29N3O3/c1-19-5-3-6-20(17-19)25(29)26-18-23(24-7-4-16-31-24)28-14-12-27(13-15-28)21-8-10-22(30-2)11-9-21/h3-11,16-17,23H,12-15,18H2,1-2H3,(H,26,29)/p+1/t23-/m1/s1. The smallest absolute Gasteiger partial charge is 0.251 e. The Morgan fingerprint density at radius 3 is 2.55 bits per heavy atom. The highest BCUT2D eigenvalue weighted by Gasteiger charge is 2.31. The van der Waals surface area contributed by atoms with E-state index in [9.17, 15) is 4.79 Å². The Morgan fingerprint density at radius 2 is 1.90 bits per heavy atom. The maximum absolute atomic E-state index is 12.7. The molecular formula is C25H30N3O3+. The van der Waals surface area contributed by atoms with Crippen LogP contribution in [0.2, 0.25) is 0 Å². The molecule has 0 saturated carbocycles. The zero-order valence-electron chi connectivity index (χ0n) is 18.1. The third-order valence-corrected chi connectivity index (χ3v) is 5.97. The van der Waals surface area contributed by atoms with Gasteiger partial charge in [0.05, 0.1) is 46.1 Å². The van der Waals surface area contributed by atoms with Crippen molar-refractivity contribution in [1.29, 1.82) is 0 Å². The van der Waals surface area contributed by atoms with E-state index >= 15 is 0 Å². The molecular weight excluding hydrogens is 390 g/mol. The lowest BCUT2D eigenvalue weighted by Crippen LogP contribution is -3.15. The lowest BCUT2D eigenvalue weighted by Gasteiger charge is -2.37. The number of benzene rings is 2. The van der Waals surface area contributed by atoms with Crippen LogP contribution in [0.25, 0.3) is 0 Å². The molecule has 6 nitrogen and oxygen atoms in total. The first-order valence-electron chi connectivity index (χ1n) is 10.8. The van der Waals surface area contributed by atoms with Gasteiger partial charge >= 0.3 is 0 Å². The maximum atomic E-state index is 12.7. The second-order valence-electron chi connectivity index (χ2n) is 7.99. The Labute approximate surface area is 183 Å². The zero-order valence-corrected chi connectivity index (χ0v) is 18.1. The van der Waals surface area contributed by atoms with Crippen molar-refractivity contribution in [1.82, 2.24) is 5.32 Å². The summed E-state index contributed by atoms with van der Waals surface area (Å²) in [6, 6.07) is 19.9. The van der Waals surface area contributed by atoms with Gasteiger partial charge in [0.1, 0.15) is 5.75 Å². The van der Waals surface area contributed by atoms with E-state index in [1.165, 1.54) is 10.6 Å². The molecule has 0 unspecified atom stereocenters. The van der Waals surface area contributed by atoms with E-state index in [0.29, 0.717) is 12.1 Å². The predicted molar refractivity (Wildman–Crippen MR) is 121 cm³/mol. The number of rotatable bonds is 7. The predicted octanol–water partition coefficient (Wildman–Crippen LogP) is 2.47. The van der Waals surface area contributed by atoms with Crippen LogP contribution in [0.3, 0.4) is 0 Å². The summed E-state index contributed by atoms with van der Waals surface area (Å²) >= 11 is 0. The molecule has 2 N–H and O–H groups in total. The molecule has 1 saturated heterocycles. The van der Waals surface area contributed by atoms with Crippen LogP contribution in [0.5, 0.6) is 5.75 Å². The molecule has 1 amide bonds. The van der Waals surface area contributed by atoms with Gasteiger partial charge in [0.15, 0.2) is 11.8 Å². The van der Waals surface area contributed by atoms with Gasteiger partial charge in [0.2, 0.25) is 0 Å². The van der Waals surface area contributed by atoms with Crippen molar-refractivity contribution in [3.05, 3.63) is 83.8 Å². The van der Waals surface area contributed by atoms with Crippen LogP contribution in [0.4, 0.5) is 5.69 Å². The maximum Gasteiger partial charge on any atom is 0.251 e. The SMILES string of the molecule is COc1ccc(N2CC[NH+]([C@H](CNC(=O)c3cccc(C)c3)c3ccco3)CC2)cc1. The summed E-state index contributed by atoms with van der Waals surface area (Å²) in [5.41, 5.74) is 2.98. The molecule has 0 spiro atoms. The van der Waals surface area contributed by atoms with Crippen LogP contribution >= 0.6 is 0 Å². The second kappa shape index (κ2) is 9.71. The summed E-state index contributed by atoms with van der Waals surface area (Å²) in [4.78, 5) is 16.5. The molecule has 0 bridgehead atoms. The number of anilines is 1. The molecule has 1 atom stereocenters. The van der Waals surface area contributed by atoms with Gasteiger partial charge in [-0.05, 0) is 55.5 Å². The van der Waals surface area contributed by atoms with Crippen molar-refractivity contribution >= 4 is 11.6 Å². The number of ether oxygens (including phenoxy) is 1. The van der Waals surface area contributed by atoms with Gasteiger partial charge in [-0.15, -0.1) is 0 Å². The van der Waals surface area contributed by atoms with Crippen molar-refractivity contribution in [2.45, 2.75) is 13.0 Å². The lowest BCUT2D eigenvalue weighted by atomic mass is 10.1. The molecule has 31 heavy (non-hydrogen) atoms. The van der Waals surface area contributed by atoms with E-state index in [-0.39, 0.29) is 11.9 Å². The largest absolute Gasteiger partial charge is 0.497 e. The number of methoxy groups -OCH3 is 1. The minimum atomic E-state index is -0.0449. The van der Waals surface area contributed by atoms with Gasteiger partial charge < -0.3 is 24.3 Å². The number of hydrogen-bond donors (Lipinski definition) is 2. The number of nitrogens with one attached hydrogen (secondary N) is 2. The normalized spacial score (nSPS) is 15.5. The number of piperazine rings is 1.